The van der Waals surface area contributed by atoms with Crippen LogP contribution in [-0.4, -0.2) is 13.1 Å². The fourth-order valence-electron chi connectivity index (χ4n) is 1.77. The highest BCUT2D eigenvalue weighted by Crippen LogP contribution is 2.35. The third-order valence-electron chi connectivity index (χ3n) is 2.71. The quantitative estimate of drug-likeness (QED) is 0.799. The molecule has 0 saturated carbocycles. The number of hydrogen-bond donors (Lipinski definition) is 1. The summed E-state index contributed by atoms with van der Waals surface area (Å²) in [5.74, 6) is -3.50. The summed E-state index contributed by atoms with van der Waals surface area (Å²) >= 11 is 0. The van der Waals surface area contributed by atoms with Crippen molar-refractivity contribution in [2.24, 2.45) is 0 Å². The highest BCUT2D eigenvalue weighted by Gasteiger charge is 2.32. The van der Waals surface area contributed by atoms with Gasteiger partial charge in [0.15, 0.2) is 0 Å². The van der Waals surface area contributed by atoms with Crippen molar-refractivity contribution in [3.63, 3.8) is 0 Å². The fourth-order valence-corrected chi connectivity index (χ4v) is 1.77. The van der Waals surface area contributed by atoms with Gasteiger partial charge < -0.3 is 5.32 Å². The van der Waals surface area contributed by atoms with Crippen LogP contribution in [0.5, 0.6) is 0 Å². The lowest BCUT2D eigenvalue weighted by molar-refractivity contribution is 0.0156. The van der Waals surface area contributed by atoms with Crippen molar-refractivity contribution in [2.45, 2.75) is 18.8 Å². The molecule has 1 aromatic rings. The first kappa shape index (κ1) is 10.5. The normalized spacial score (nSPS) is 17.6. The number of rotatable bonds is 2. The zero-order valence-corrected chi connectivity index (χ0v) is 8.36. The highest BCUT2D eigenvalue weighted by atomic mass is 19.3. The van der Waals surface area contributed by atoms with E-state index >= 15 is 0 Å². The zero-order chi connectivity index (χ0) is 11.1. The molecule has 1 aliphatic heterocycles. The van der Waals surface area contributed by atoms with Gasteiger partial charge in [0.2, 0.25) is 0 Å². The van der Waals surface area contributed by atoms with E-state index in [9.17, 15) is 13.2 Å². The van der Waals surface area contributed by atoms with E-state index in [4.69, 9.17) is 0 Å². The van der Waals surface area contributed by atoms with Gasteiger partial charge in [-0.25, -0.2) is 13.2 Å². The minimum atomic E-state index is -2.98. The Kier molecular flexibility index (Phi) is 2.46. The highest BCUT2D eigenvalue weighted by molar-refractivity contribution is 5.35. The van der Waals surface area contributed by atoms with E-state index in [1.54, 1.807) is 0 Å². The maximum atomic E-state index is 13.2. The Hall–Kier alpha value is -1.03. The van der Waals surface area contributed by atoms with E-state index in [2.05, 4.69) is 5.32 Å². The minimum absolute atomic E-state index is 0.0893. The SMILES string of the molecule is CC(F)(F)c1cc(F)ccc1C1CNC1. The van der Waals surface area contributed by atoms with Gasteiger partial charge in [-0.1, -0.05) is 6.07 Å². The first-order valence-electron chi connectivity index (χ1n) is 4.87. The molecule has 0 unspecified atom stereocenters. The van der Waals surface area contributed by atoms with E-state index in [-0.39, 0.29) is 11.5 Å². The molecule has 0 aromatic heterocycles. The average Bonchev–Trinajstić information content (AvgIpc) is 2.03. The summed E-state index contributed by atoms with van der Waals surface area (Å²) in [5.41, 5.74) is 0.372. The van der Waals surface area contributed by atoms with Crippen molar-refractivity contribution in [2.75, 3.05) is 13.1 Å². The zero-order valence-electron chi connectivity index (χ0n) is 8.36. The van der Waals surface area contributed by atoms with Crippen LogP contribution in [0.25, 0.3) is 0 Å². The second-order valence-electron chi connectivity index (χ2n) is 3.98. The van der Waals surface area contributed by atoms with Crippen LogP contribution in [0.1, 0.15) is 24.0 Å². The summed E-state index contributed by atoms with van der Waals surface area (Å²) in [7, 11) is 0. The summed E-state index contributed by atoms with van der Waals surface area (Å²) in [5, 5.41) is 3.01. The van der Waals surface area contributed by atoms with Gasteiger partial charge in [-0.2, -0.15) is 0 Å². The molecule has 1 saturated heterocycles. The molecule has 0 radical (unpaired) electrons. The molecule has 4 heteroatoms. The molecule has 15 heavy (non-hydrogen) atoms. The summed E-state index contributed by atoms with van der Waals surface area (Å²) < 4.78 is 39.4. The van der Waals surface area contributed by atoms with E-state index in [0.29, 0.717) is 18.7 Å². The van der Waals surface area contributed by atoms with Crippen LogP contribution in [0.15, 0.2) is 18.2 Å². The molecule has 0 spiro atoms. The van der Waals surface area contributed by atoms with Gasteiger partial charge in [0, 0.05) is 31.5 Å². The average molecular weight is 215 g/mol. The van der Waals surface area contributed by atoms with Crippen molar-refractivity contribution in [1.82, 2.24) is 5.32 Å². The molecule has 0 amide bonds. The van der Waals surface area contributed by atoms with Gasteiger partial charge in [0.1, 0.15) is 5.82 Å². The van der Waals surface area contributed by atoms with Crippen molar-refractivity contribution in [1.29, 1.82) is 0 Å². The lowest BCUT2D eigenvalue weighted by atomic mass is 9.88. The molecule has 1 nitrogen and oxygen atoms in total. The lowest BCUT2D eigenvalue weighted by Crippen LogP contribution is -2.40. The maximum absolute atomic E-state index is 13.2. The van der Waals surface area contributed by atoms with Crippen molar-refractivity contribution in [3.05, 3.63) is 35.1 Å². The second kappa shape index (κ2) is 3.52. The number of hydrogen-bond acceptors (Lipinski definition) is 1. The molecule has 2 rings (SSSR count). The Bertz CT molecular complexity index is 367. The molecule has 1 fully saturated rings. The summed E-state index contributed by atoms with van der Waals surface area (Å²) in [6.45, 7) is 2.18. The minimum Gasteiger partial charge on any atom is -0.315 e. The molecular weight excluding hydrogens is 203 g/mol. The molecule has 0 aliphatic carbocycles. The van der Waals surface area contributed by atoms with Gasteiger partial charge in [-0.15, -0.1) is 0 Å². The maximum Gasteiger partial charge on any atom is 0.270 e. The van der Waals surface area contributed by atoms with Gasteiger partial charge in [-0.05, 0) is 17.7 Å². The Morgan fingerprint density at radius 1 is 1.33 bits per heavy atom. The number of benzene rings is 1. The third-order valence-corrected chi connectivity index (χ3v) is 2.71. The van der Waals surface area contributed by atoms with Gasteiger partial charge in [0.25, 0.3) is 5.92 Å². The third kappa shape index (κ3) is 2.00. The van der Waals surface area contributed by atoms with Gasteiger partial charge in [0.05, 0.1) is 0 Å². The van der Waals surface area contributed by atoms with Crippen molar-refractivity contribution >= 4 is 0 Å². The molecule has 1 heterocycles. The molecule has 1 aromatic carbocycles. The monoisotopic (exact) mass is 215 g/mol. The predicted molar refractivity (Wildman–Crippen MR) is 51.6 cm³/mol. The van der Waals surface area contributed by atoms with Crippen LogP contribution in [0, 0.1) is 5.82 Å². The molecular formula is C11H12F3N. The Morgan fingerprint density at radius 3 is 2.47 bits per heavy atom. The van der Waals surface area contributed by atoms with Gasteiger partial charge in [-0.3, -0.25) is 0 Å². The first-order chi connectivity index (χ1) is 6.98. The predicted octanol–water partition coefficient (Wildman–Crippen LogP) is 2.62. The largest absolute Gasteiger partial charge is 0.315 e. The molecule has 1 N–H and O–H groups in total. The number of nitrogens with one attached hydrogen (secondary N) is 1. The molecule has 0 atom stereocenters. The van der Waals surface area contributed by atoms with E-state index in [0.717, 1.165) is 13.0 Å². The number of halogens is 3. The first-order valence-corrected chi connectivity index (χ1v) is 4.87. The van der Waals surface area contributed by atoms with Gasteiger partial charge >= 0.3 is 0 Å². The summed E-state index contributed by atoms with van der Waals surface area (Å²) in [4.78, 5) is 0. The number of alkyl halides is 2. The molecule has 82 valence electrons. The summed E-state index contributed by atoms with van der Waals surface area (Å²) in [6, 6.07) is 3.64. The standard InChI is InChI=1S/C11H12F3N/c1-11(13,14)10-4-8(12)2-3-9(10)7-5-15-6-7/h2-4,7,15H,5-6H2,1H3. The summed E-state index contributed by atoms with van der Waals surface area (Å²) in [6.07, 6.45) is 0. The van der Waals surface area contributed by atoms with E-state index < -0.39 is 11.7 Å². The Morgan fingerprint density at radius 2 is 2.00 bits per heavy atom. The van der Waals surface area contributed by atoms with Crippen molar-refractivity contribution in [3.8, 4) is 0 Å². The Labute approximate surface area is 86.3 Å². The Balaban J connectivity index is 2.44. The van der Waals surface area contributed by atoms with Crippen LogP contribution in [0.2, 0.25) is 0 Å². The lowest BCUT2D eigenvalue weighted by Gasteiger charge is -2.30. The molecule has 1 aliphatic rings. The van der Waals surface area contributed by atoms with Crippen LogP contribution in [-0.2, 0) is 5.92 Å². The van der Waals surface area contributed by atoms with Crippen LogP contribution in [0.4, 0.5) is 13.2 Å². The van der Waals surface area contributed by atoms with E-state index in [1.165, 1.54) is 12.1 Å². The van der Waals surface area contributed by atoms with Crippen LogP contribution >= 0.6 is 0 Å². The molecule has 0 bridgehead atoms. The topological polar surface area (TPSA) is 12.0 Å². The second-order valence-corrected chi connectivity index (χ2v) is 3.98. The smallest absolute Gasteiger partial charge is 0.270 e. The fraction of sp³-hybridized carbons (Fsp3) is 0.455. The van der Waals surface area contributed by atoms with Crippen LogP contribution in [0.3, 0.4) is 0 Å². The van der Waals surface area contributed by atoms with Crippen LogP contribution < -0.4 is 5.32 Å². The van der Waals surface area contributed by atoms with Crippen molar-refractivity contribution < 1.29 is 13.2 Å². The van der Waals surface area contributed by atoms with E-state index in [1.807, 2.05) is 0 Å².